The van der Waals surface area contributed by atoms with Crippen LogP contribution in [0, 0.1) is 13.8 Å². The first-order chi connectivity index (χ1) is 16.0. The maximum atomic E-state index is 13.5. The largest absolute Gasteiger partial charge is 0.319 e. The van der Waals surface area contributed by atoms with E-state index in [4.69, 9.17) is 0 Å². The Bertz CT molecular complexity index is 1550. The van der Waals surface area contributed by atoms with E-state index in [1.807, 2.05) is 62.4 Å². The molecule has 0 bridgehead atoms. The van der Waals surface area contributed by atoms with E-state index in [1.54, 1.807) is 41.1 Å². The third-order valence-electron chi connectivity index (χ3n) is 5.41. The van der Waals surface area contributed by atoms with Gasteiger partial charge in [0.25, 0.3) is 11.5 Å². The number of benzene rings is 3. The van der Waals surface area contributed by atoms with Crippen LogP contribution in [-0.4, -0.2) is 25.5 Å². The fourth-order valence-electron chi connectivity index (χ4n) is 3.92. The van der Waals surface area contributed by atoms with E-state index in [1.165, 1.54) is 4.68 Å². The Morgan fingerprint density at radius 1 is 0.788 bits per heavy atom. The molecule has 2 aromatic heterocycles. The summed E-state index contributed by atoms with van der Waals surface area (Å²) in [4.78, 5) is 26.6. The molecule has 0 fully saturated rings. The molecule has 162 valence electrons. The van der Waals surface area contributed by atoms with Gasteiger partial charge in [0, 0.05) is 11.1 Å². The van der Waals surface area contributed by atoms with E-state index < -0.39 is 5.91 Å². The molecule has 0 spiro atoms. The minimum atomic E-state index is -0.412. The van der Waals surface area contributed by atoms with Crippen LogP contribution in [0.1, 0.15) is 21.9 Å². The fourth-order valence-corrected chi connectivity index (χ4v) is 3.92. The van der Waals surface area contributed by atoms with Crippen molar-refractivity contribution in [3.8, 4) is 11.4 Å². The summed E-state index contributed by atoms with van der Waals surface area (Å²) in [7, 11) is 0. The standard InChI is InChI=1S/C26H21N5O2/c1-17-16-18(2)30(28-17)23-15-9-8-14-22(23)27-25(32)24-20-12-6-7-13-21(20)26(33)31(29-24)19-10-4-3-5-11-19/h3-16H,1-2H3,(H,27,32). The van der Waals surface area contributed by atoms with E-state index in [0.717, 1.165) is 17.1 Å². The number of rotatable bonds is 4. The van der Waals surface area contributed by atoms with Crippen molar-refractivity contribution >= 4 is 22.4 Å². The molecule has 7 heteroatoms. The van der Waals surface area contributed by atoms with Crippen LogP contribution in [0.2, 0.25) is 0 Å². The summed E-state index contributed by atoms with van der Waals surface area (Å²) in [5.74, 6) is -0.412. The van der Waals surface area contributed by atoms with Crippen LogP contribution in [-0.2, 0) is 0 Å². The molecule has 7 nitrogen and oxygen atoms in total. The third kappa shape index (κ3) is 3.70. The number of hydrogen-bond donors (Lipinski definition) is 1. The molecule has 1 amide bonds. The molecular formula is C26H21N5O2. The summed E-state index contributed by atoms with van der Waals surface area (Å²) >= 11 is 0. The first-order valence-electron chi connectivity index (χ1n) is 10.5. The van der Waals surface area contributed by atoms with Crippen molar-refractivity contribution < 1.29 is 4.79 Å². The molecule has 0 unspecified atom stereocenters. The van der Waals surface area contributed by atoms with E-state index >= 15 is 0 Å². The van der Waals surface area contributed by atoms with Crippen LogP contribution in [0.5, 0.6) is 0 Å². The highest BCUT2D eigenvalue weighted by Crippen LogP contribution is 2.23. The van der Waals surface area contributed by atoms with Gasteiger partial charge in [0.05, 0.1) is 28.1 Å². The van der Waals surface area contributed by atoms with E-state index in [-0.39, 0.29) is 11.3 Å². The lowest BCUT2D eigenvalue weighted by atomic mass is 10.1. The van der Waals surface area contributed by atoms with Crippen molar-refractivity contribution in [3.05, 3.63) is 112 Å². The summed E-state index contributed by atoms with van der Waals surface area (Å²) in [5.41, 5.74) is 3.65. The number of anilines is 1. The Morgan fingerprint density at radius 2 is 1.45 bits per heavy atom. The predicted octanol–water partition coefficient (Wildman–Crippen LogP) is 4.44. The molecular weight excluding hydrogens is 414 g/mol. The van der Waals surface area contributed by atoms with Gasteiger partial charge in [-0.25, -0.2) is 4.68 Å². The monoisotopic (exact) mass is 435 g/mol. The molecule has 5 rings (SSSR count). The summed E-state index contributed by atoms with van der Waals surface area (Å²) in [5, 5.41) is 12.9. The molecule has 3 aromatic carbocycles. The summed E-state index contributed by atoms with van der Waals surface area (Å²) < 4.78 is 3.06. The van der Waals surface area contributed by atoms with Gasteiger partial charge in [-0.2, -0.15) is 14.9 Å². The van der Waals surface area contributed by atoms with Gasteiger partial charge < -0.3 is 5.32 Å². The minimum absolute atomic E-state index is 0.164. The van der Waals surface area contributed by atoms with Crippen LogP contribution >= 0.6 is 0 Å². The lowest BCUT2D eigenvalue weighted by Crippen LogP contribution is -2.26. The van der Waals surface area contributed by atoms with Crippen LogP contribution < -0.4 is 10.9 Å². The average molecular weight is 435 g/mol. The second-order valence-corrected chi connectivity index (χ2v) is 7.76. The Hall–Kier alpha value is -4.52. The molecule has 0 aliphatic carbocycles. The fraction of sp³-hybridized carbons (Fsp3) is 0.0769. The van der Waals surface area contributed by atoms with Crippen molar-refractivity contribution in [2.45, 2.75) is 13.8 Å². The Labute approximate surface area is 189 Å². The zero-order chi connectivity index (χ0) is 22.9. The third-order valence-corrected chi connectivity index (χ3v) is 5.41. The molecule has 1 N–H and O–H groups in total. The average Bonchev–Trinajstić information content (AvgIpc) is 3.18. The maximum Gasteiger partial charge on any atom is 0.279 e. The molecule has 0 radical (unpaired) electrons. The summed E-state index contributed by atoms with van der Waals surface area (Å²) in [6, 6.07) is 25.5. The number of aryl methyl sites for hydroxylation is 2. The number of para-hydroxylation sites is 3. The van der Waals surface area contributed by atoms with Crippen molar-refractivity contribution in [2.24, 2.45) is 0 Å². The second-order valence-electron chi connectivity index (χ2n) is 7.76. The van der Waals surface area contributed by atoms with Crippen molar-refractivity contribution in [2.75, 3.05) is 5.32 Å². The Kier molecular flexibility index (Phi) is 5.06. The highest BCUT2D eigenvalue weighted by molar-refractivity contribution is 6.11. The van der Waals surface area contributed by atoms with Crippen molar-refractivity contribution in [3.63, 3.8) is 0 Å². The van der Waals surface area contributed by atoms with Gasteiger partial charge in [0.2, 0.25) is 0 Å². The van der Waals surface area contributed by atoms with Crippen molar-refractivity contribution in [1.82, 2.24) is 19.6 Å². The molecule has 0 atom stereocenters. The molecule has 5 aromatic rings. The molecule has 0 aliphatic rings. The normalized spacial score (nSPS) is 11.0. The summed E-state index contributed by atoms with van der Waals surface area (Å²) in [6.45, 7) is 3.89. The summed E-state index contributed by atoms with van der Waals surface area (Å²) in [6.07, 6.45) is 0. The number of hydrogen-bond acceptors (Lipinski definition) is 4. The van der Waals surface area contributed by atoms with Gasteiger partial charge in [-0.15, -0.1) is 0 Å². The maximum absolute atomic E-state index is 13.5. The van der Waals surface area contributed by atoms with Crippen LogP contribution in [0.25, 0.3) is 22.1 Å². The first kappa shape index (κ1) is 20.4. The molecule has 2 heterocycles. The number of amides is 1. The zero-order valence-corrected chi connectivity index (χ0v) is 18.2. The van der Waals surface area contributed by atoms with Gasteiger partial charge in [0.1, 0.15) is 0 Å². The number of carbonyl (C=O) groups excluding carboxylic acids is 1. The van der Waals surface area contributed by atoms with Gasteiger partial charge >= 0.3 is 0 Å². The van der Waals surface area contributed by atoms with E-state index in [2.05, 4.69) is 15.5 Å². The van der Waals surface area contributed by atoms with Gasteiger partial charge in [-0.3, -0.25) is 9.59 Å². The van der Waals surface area contributed by atoms with Crippen LogP contribution in [0.15, 0.2) is 89.7 Å². The van der Waals surface area contributed by atoms with Gasteiger partial charge in [-0.1, -0.05) is 48.5 Å². The first-order valence-corrected chi connectivity index (χ1v) is 10.5. The topological polar surface area (TPSA) is 81.8 Å². The smallest absolute Gasteiger partial charge is 0.279 e. The highest BCUT2D eigenvalue weighted by Gasteiger charge is 2.19. The van der Waals surface area contributed by atoms with Crippen LogP contribution in [0.3, 0.4) is 0 Å². The quantitative estimate of drug-likeness (QED) is 0.452. The second kappa shape index (κ2) is 8.20. The number of fused-ring (bicyclic) bond motifs is 1. The SMILES string of the molecule is Cc1cc(C)n(-c2ccccc2NC(=O)c2nn(-c3ccccc3)c(=O)c3ccccc23)n1. The molecule has 0 saturated heterocycles. The lowest BCUT2D eigenvalue weighted by Gasteiger charge is -2.14. The Morgan fingerprint density at radius 3 is 2.18 bits per heavy atom. The van der Waals surface area contributed by atoms with Gasteiger partial charge in [-0.05, 0) is 50.2 Å². The van der Waals surface area contributed by atoms with Gasteiger partial charge in [0.15, 0.2) is 5.69 Å². The zero-order valence-electron chi connectivity index (χ0n) is 18.2. The van der Waals surface area contributed by atoms with E-state index in [9.17, 15) is 9.59 Å². The lowest BCUT2D eigenvalue weighted by molar-refractivity contribution is 0.102. The van der Waals surface area contributed by atoms with E-state index in [0.29, 0.717) is 22.1 Å². The molecule has 0 aliphatic heterocycles. The number of aromatic nitrogens is 4. The van der Waals surface area contributed by atoms with Crippen LogP contribution in [0.4, 0.5) is 5.69 Å². The molecule has 33 heavy (non-hydrogen) atoms. The molecule has 0 saturated carbocycles. The number of nitrogens with zero attached hydrogens (tertiary/aromatic N) is 4. The highest BCUT2D eigenvalue weighted by atomic mass is 16.2. The minimum Gasteiger partial charge on any atom is -0.319 e. The number of nitrogens with one attached hydrogen (secondary N) is 1. The van der Waals surface area contributed by atoms with Crippen molar-refractivity contribution in [1.29, 1.82) is 0 Å². The Balaban J connectivity index is 1.63. The number of carbonyl (C=O) groups is 1. The predicted molar refractivity (Wildman–Crippen MR) is 128 cm³/mol.